The minimum absolute atomic E-state index is 0.0863. The predicted molar refractivity (Wildman–Crippen MR) is 62.3 cm³/mol. The predicted octanol–water partition coefficient (Wildman–Crippen LogP) is 2.51. The van der Waals surface area contributed by atoms with Crippen molar-refractivity contribution in [1.29, 1.82) is 0 Å². The maximum absolute atomic E-state index is 9.19. The fourth-order valence-electron chi connectivity index (χ4n) is 1.14. The van der Waals surface area contributed by atoms with Crippen LogP contribution in [-0.2, 0) is 6.61 Å². The quantitative estimate of drug-likeness (QED) is 0.838. The van der Waals surface area contributed by atoms with Gasteiger partial charge in [0.25, 0.3) is 0 Å². The molecule has 15 heavy (non-hydrogen) atoms. The maximum Gasteiger partial charge on any atom is 0.130 e. The molecule has 1 rings (SSSR count). The van der Waals surface area contributed by atoms with Crippen LogP contribution < -0.4 is 9.47 Å². The van der Waals surface area contributed by atoms with Gasteiger partial charge in [0.05, 0.1) is 13.7 Å². The zero-order valence-corrected chi connectivity index (χ0v) is 10.1. The molecule has 0 bridgehead atoms. The zero-order chi connectivity index (χ0) is 11.3. The van der Waals surface area contributed by atoms with E-state index < -0.39 is 0 Å². The Hall–Kier alpha value is -1.00. The van der Waals surface area contributed by atoms with Gasteiger partial charge in [0, 0.05) is 16.1 Å². The molecular weight excluding hydrogens is 260 g/mol. The second kappa shape index (κ2) is 5.78. The molecule has 0 radical (unpaired) electrons. The molecule has 0 atom stereocenters. The van der Waals surface area contributed by atoms with Crippen LogP contribution in [0.25, 0.3) is 0 Å². The average Bonchev–Trinajstić information content (AvgIpc) is 2.25. The van der Waals surface area contributed by atoms with Gasteiger partial charge in [-0.3, -0.25) is 0 Å². The molecule has 0 aromatic heterocycles. The van der Waals surface area contributed by atoms with E-state index in [1.807, 2.05) is 0 Å². The van der Waals surface area contributed by atoms with E-state index in [0.717, 1.165) is 4.47 Å². The fourth-order valence-corrected chi connectivity index (χ4v) is 1.68. The van der Waals surface area contributed by atoms with Crippen molar-refractivity contribution in [2.45, 2.75) is 6.61 Å². The molecular formula is C11H13BrO3. The Morgan fingerprint density at radius 1 is 1.53 bits per heavy atom. The number of aliphatic hydroxyl groups excluding tert-OH is 1. The molecule has 3 nitrogen and oxygen atoms in total. The van der Waals surface area contributed by atoms with E-state index in [-0.39, 0.29) is 6.61 Å². The van der Waals surface area contributed by atoms with Crippen molar-refractivity contribution in [3.63, 3.8) is 0 Å². The highest BCUT2D eigenvalue weighted by Gasteiger charge is 2.09. The van der Waals surface area contributed by atoms with Gasteiger partial charge in [-0.25, -0.2) is 0 Å². The summed E-state index contributed by atoms with van der Waals surface area (Å²) in [5.74, 6) is 1.28. The van der Waals surface area contributed by atoms with Crippen molar-refractivity contribution < 1.29 is 14.6 Å². The van der Waals surface area contributed by atoms with Crippen LogP contribution in [0.2, 0.25) is 0 Å². The number of methoxy groups -OCH3 is 1. The summed E-state index contributed by atoms with van der Waals surface area (Å²) in [6.45, 7) is 3.87. The molecule has 4 heteroatoms. The largest absolute Gasteiger partial charge is 0.497 e. The first-order valence-corrected chi connectivity index (χ1v) is 5.23. The smallest absolute Gasteiger partial charge is 0.130 e. The molecule has 0 unspecified atom stereocenters. The van der Waals surface area contributed by atoms with E-state index in [2.05, 4.69) is 22.5 Å². The van der Waals surface area contributed by atoms with E-state index in [1.54, 1.807) is 25.3 Å². The normalized spacial score (nSPS) is 9.80. The molecule has 0 heterocycles. The van der Waals surface area contributed by atoms with Crippen molar-refractivity contribution in [2.75, 3.05) is 13.7 Å². The number of aliphatic hydroxyl groups is 1. The zero-order valence-electron chi connectivity index (χ0n) is 8.50. The van der Waals surface area contributed by atoms with Gasteiger partial charge in [-0.1, -0.05) is 28.6 Å². The molecule has 0 amide bonds. The molecule has 0 spiro atoms. The third-order valence-corrected chi connectivity index (χ3v) is 2.59. The molecule has 0 saturated heterocycles. The SMILES string of the molecule is C=CCOc1cc(OC)cc(Br)c1CO. The van der Waals surface area contributed by atoms with Crippen molar-refractivity contribution in [2.24, 2.45) is 0 Å². The molecule has 0 aliphatic heterocycles. The molecule has 0 aliphatic rings. The van der Waals surface area contributed by atoms with Crippen LogP contribution in [0.1, 0.15) is 5.56 Å². The summed E-state index contributed by atoms with van der Waals surface area (Å²) >= 11 is 3.35. The molecule has 1 aromatic rings. The van der Waals surface area contributed by atoms with E-state index in [1.165, 1.54) is 0 Å². The third kappa shape index (κ3) is 2.97. The first-order chi connectivity index (χ1) is 7.22. The molecule has 1 aromatic carbocycles. The highest BCUT2D eigenvalue weighted by molar-refractivity contribution is 9.10. The summed E-state index contributed by atoms with van der Waals surface area (Å²) in [6.07, 6.45) is 1.65. The molecule has 0 aliphatic carbocycles. The van der Waals surface area contributed by atoms with Crippen LogP contribution in [0.4, 0.5) is 0 Å². The number of halogens is 1. The van der Waals surface area contributed by atoms with Crippen molar-refractivity contribution in [3.05, 3.63) is 34.8 Å². The highest BCUT2D eigenvalue weighted by Crippen LogP contribution is 2.32. The number of hydrogen-bond donors (Lipinski definition) is 1. The van der Waals surface area contributed by atoms with Crippen LogP contribution in [-0.4, -0.2) is 18.8 Å². The lowest BCUT2D eigenvalue weighted by Gasteiger charge is -2.12. The lowest BCUT2D eigenvalue weighted by Crippen LogP contribution is -1.99. The van der Waals surface area contributed by atoms with Crippen LogP contribution >= 0.6 is 15.9 Å². The lowest BCUT2D eigenvalue weighted by atomic mass is 10.2. The first-order valence-electron chi connectivity index (χ1n) is 4.44. The van der Waals surface area contributed by atoms with Gasteiger partial charge >= 0.3 is 0 Å². The number of rotatable bonds is 5. The fraction of sp³-hybridized carbons (Fsp3) is 0.273. The average molecular weight is 273 g/mol. The Labute approximate surface area is 97.5 Å². The summed E-state index contributed by atoms with van der Waals surface area (Å²) < 4.78 is 11.3. The van der Waals surface area contributed by atoms with Crippen LogP contribution in [0.15, 0.2) is 29.3 Å². The van der Waals surface area contributed by atoms with Gasteiger partial charge in [0.15, 0.2) is 0 Å². The standard InChI is InChI=1S/C11H13BrO3/c1-3-4-15-11-6-8(14-2)5-10(12)9(11)7-13/h3,5-6,13H,1,4,7H2,2H3. The monoisotopic (exact) mass is 272 g/mol. The minimum Gasteiger partial charge on any atom is -0.497 e. The second-order valence-electron chi connectivity index (χ2n) is 2.84. The van der Waals surface area contributed by atoms with Gasteiger partial charge in [0.2, 0.25) is 0 Å². The maximum atomic E-state index is 9.19. The van der Waals surface area contributed by atoms with Crippen molar-refractivity contribution >= 4 is 15.9 Å². The van der Waals surface area contributed by atoms with E-state index in [4.69, 9.17) is 9.47 Å². The summed E-state index contributed by atoms with van der Waals surface area (Å²) in [5, 5.41) is 9.19. The first kappa shape index (κ1) is 12.1. The Bertz CT molecular complexity index is 350. The van der Waals surface area contributed by atoms with Gasteiger partial charge in [-0.05, 0) is 6.07 Å². The number of hydrogen-bond acceptors (Lipinski definition) is 3. The summed E-state index contributed by atoms with van der Waals surface area (Å²) in [7, 11) is 1.58. The van der Waals surface area contributed by atoms with E-state index in [9.17, 15) is 5.11 Å². The second-order valence-corrected chi connectivity index (χ2v) is 3.70. The van der Waals surface area contributed by atoms with Gasteiger partial charge < -0.3 is 14.6 Å². The molecule has 0 fully saturated rings. The van der Waals surface area contributed by atoms with Crippen LogP contribution in [0, 0.1) is 0 Å². The van der Waals surface area contributed by atoms with Crippen molar-refractivity contribution in [3.8, 4) is 11.5 Å². The highest BCUT2D eigenvalue weighted by atomic mass is 79.9. The third-order valence-electron chi connectivity index (χ3n) is 1.88. The van der Waals surface area contributed by atoms with E-state index in [0.29, 0.717) is 23.7 Å². The lowest BCUT2D eigenvalue weighted by molar-refractivity contribution is 0.268. The van der Waals surface area contributed by atoms with Gasteiger partial charge in [-0.15, -0.1) is 0 Å². The summed E-state index contributed by atoms with van der Waals surface area (Å²) in [6, 6.07) is 3.52. The summed E-state index contributed by atoms with van der Waals surface area (Å²) in [4.78, 5) is 0. The Morgan fingerprint density at radius 2 is 2.27 bits per heavy atom. The van der Waals surface area contributed by atoms with Crippen LogP contribution in [0.5, 0.6) is 11.5 Å². The van der Waals surface area contributed by atoms with Gasteiger partial charge in [-0.2, -0.15) is 0 Å². The minimum atomic E-state index is -0.0863. The number of ether oxygens (including phenoxy) is 2. The van der Waals surface area contributed by atoms with E-state index >= 15 is 0 Å². The van der Waals surface area contributed by atoms with Crippen LogP contribution in [0.3, 0.4) is 0 Å². The molecule has 82 valence electrons. The molecule has 0 saturated carbocycles. The molecule has 1 N–H and O–H groups in total. The number of benzene rings is 1. The van der Waals surface area contributed by atoms with Crippen molar-refractivity contribution in [1.82, 2.24) is 0 Å². The Morgan fingerprint density at radius 3 is 2.80 bits per heavy atom. The van der Waals surface area contributed by atoms with Gasteiger partial charge in [0.1, 0.15) is 18.1 Å². The Balaban J connectivity index is 3.07. The topological polar surface area (TPSA) is 38.7 Å². The Kier molecular flexibility index (Phi) is 4.65. The summed E-state index contributed by atoms with van der Waals surface area (Å²) in [5.41, 5.74) is 0.706.